The van der Waals surface area contributed by atoms with Gasteiger partial charge in [0, 0.05) is 0 Å². The van der Waals surface area contributed by atoms with Gasteiger partial charge in [-0.05, 0) is 0 Å². The SMILES string of the molecule is [B][CH2-].[CH3-].[Mg+2]. The molecule has 0 saturated carbocycles. The number of hydrogen-bond donors (Lipinski definition) is 0. The van der Waals surface area contributed by atoms with Gasteiger partial charge in [0.1, 0.15) is 0 Å². The van der Waals surface area contributed by atoms with Crippen LogP contribution in [0.15, 0.2) is 0 Å². The van der Waals surface area contributed by atoms with Gasteiger partial charge in [-0.25, -0.2) is 0 Å². The smallest absolute Gasteiger partial charge is 0.382 e. The second kappa shape index (κ2) is 44.5. The Bertz CT molecular complexity index is 6.00. The van der Waals surface area contributed by atoms with Crippen molar-refractivity contribution in [3.8, 4) is 0 Å². The van der Waals surface area contributed by atoms with Gasteiger partial charge in [-0.1, -0.05) is 0 Å². The monoisotopic (exact) mass is 64.0 g/mol. The van der Waals surface area contributed by atoms with Gasteiger partial charge in [-0.2, -0.15) is 7.85 Å². The standard InChI is InChI=1S/CH2B.CH3.Mg/c1-2;;/h1H2;1H3;/q2*-1;+2. The third kappa shape index (κ3) is 13.7. The van der Waals surface area contributed by atoms with Crippen molar-refractivity contribution in [1.82, 2.24) is 0 Å². The van der Waals surface area contributed by atoms with Crippen molar-refractivity contribution in [3.63, 3.8) is 0 Å². The molecular weight excluding hydrogens is 59.1 g/mol. The molecule has 0 heterocycles. The minimum absolute atomic E-state index is 0. The quantitative estimate of drug-likeness (QED) is 0.275. The van der Waals surface area contributed by atoms with Gasteiger partial charge in [0.15, 0.2) is 0 Å². The van der Waals surface area contributed by atoms with E-state index in [0.29, 0.717) is 0 Å². The molecule has 0 aliphatic carbocycles. The van der Waals surface area contributed by atoms with Crippen molar-refractivity contribution in [1.29, 1.82) is 0 Å². The van der Waals surface area contributed by atoms with E-state index >= 15 is 0 Å². The number of hydrogen-bond acceptors (Lipinski definition) is 0. The van der Waals surface area contributed by atoms with Crippen molar-refractivity contribution < 1.29 is 0 Å². The summed E-state index contributed by atoms with van der Waals surface area (Å²) in [6.07, 6.45) is 0. The van der Waals surface area contributed by atoms with Crippen molar-refractivity contribution in [2.75, 3.05) is 0 Å². The Labute approximate surface area is 45.5 Å². The third-order valence-electron chi connectivity index (χ3n) is 0. The van der Waals surface area contributed by atoms with E-state index in [0.717, 1.165) is 0 Å². The summed E-state index contributed by atoms with van der Waals surface area (Å²) in [7, 11) is 4.25. The molecule has 0 aliphatic heterocycles. The van der Waals surface area contributed by atoms with Gasteiger partial charge in [0.2, 0.25) is 0 Å². The van der Waals surface area contributed by atoms with Crippen molar-refractivity contribution in [3.05, 3.63) is 14.2 Å². The fourth-order valence-corrected chi connectivity index (χ4v) is 0. The first kappa shape index (κ1) is 21.1. The summed E-state index contributed by atoms with van der Waals surface area (Å²) in [6.45, 7) is 2.75. The molecule has 0 atom stereocenters. The van der Waals surface area contributed by atoms with Crippen LogP contribution in [0.5, 0.6) is 0 Å². The maximum absolute atomic E-state index is 4.25. The van der Waals surface area contributed by atoms with E-state index in [1.807, 2.05) is 0 Å². The molecule has 0 aromatic carbocycles. The van der Waals surface area contributed by atoms with Crippen LogP contribution in [0, 0.1) is 14.2 Å². The van der Waals surface area contributed by atoms with Crippen LogP contribution in [0.4, 0.5) is 0 Å². The Kier molecular flexibility index (Phi) is 235. The van der Waals surface area contributed by atoms with Crippen molar-refractivity contribution in [2.45, 2.75) is 0 Å². The van der Waals surface area contributed by atoms with E-state index in [1.54, 1.807) is 0 Å². The molecule has 18 valence electrons. The second-order valence-corrected chi connectivity index (χ2v) is 0. The molecule has 0 unspecified atom stereocenters. The van der Waals surface area contributed by atoms with Gasteiger partial charge < -0.3 is 14.2 Å². The zero-order chi connectivity index (χ0) is 2.00. The van der Waals surface area contributed by atoms with Crippen LogP contribution in [0.2, 0.25) is 0 Å². The predicted molar refractivity (Wildman–Crippen MR) is 23.3 cm³/mol. The molecule has 0 saturated heterocycles. The zero-order valence-corrected chi connectivity index (χ0v) is 4.41. The summed E-state index contributed by atoms with van der Waals surface area (Å²) in [5.74, 6) is 0. The maximum atomic E-state index is 4.25. The van der Waals surface area contributed by atoms with Gasteiger partial charge in [0.25, 0.3) is 0 Å². The van der Waals surface area contributed by atoms with E-state index in [1.165, 1.54) is 0 Å². The Morgan fingerprint density at radius 2 is 1.25 bits per heavy atom. The normalized spacial score (nSPS) is 1.25. The molecule has 0 rings (SSSR count). The van der Waals surface area contributed by atoms with Crippen LogP contribution in [-0.4, -0.2) is 30.9 Å². The topological polar surface area (TPSA) is 0 Å². The molecular formula is C2H5BMg. The molecule has 2 radical (unpaired) electrons. The van der Waals surface area contributed by atoms with Crippen LogP contribution in [-0.2, 0) is 0 Å². The van der Waals surface area contributed by atoms with Gasteiger partial charge in [-0.15, -0.1) is 0 Å². The zero-order valence-electron chi connectivity index (χ0n) is 2.99. The molecule has 0 spiro atoms. The second-order valence-electron chi connectivity index (χ2n) is 0. The maximum Gasteiger partial charge on any atom is 2.00 e. The predicted octanol–water partition coefficient (Wildman–Crippen LogP) is 0.0160. The Morgan fingerprint density at radius 1 is 1.25 bits per heavy atom. The van der Waals surface area contributed by atoms with E-state index in [2.05, 4.69) is 14.7 Å². The first-order chi connectivity index (χ1) is 1.00. The molecule has 0 bridgehead atoms. The third-order valence-corrected chi connectivity index (χ3v) is 0. The average molecular weight is 64.2 g/mol. The van der Waals surface area contributed by atoms with E-state index in [-0.39, 0.29) is 30.5 Å². The summed E-state index contributed by atoms with van der Waals surface area (Å²) in [5.41, 5.74) is 0. The molecule has 0 fully saturated rings. The van der Waals surface area contributed by atoms with Crippen LogP contribution in [0.1, 0.15) is 0 Å². The molecule has 0 aliphatic rings. The van der Waals surface area contributed by atoms with E-state index in [9.17, 15) is 0 Å². The summed E-state index contributed by atoms with van der Waals surface area (Å²) in [5, 5.41) is 0. The fraction of sp³-hybridized carbons (Fsp3) is 0. The Hall–Kier alpha value is 0.831. The molecule has 0 amide bonds. The summed E-state index contributed by atoms with van der Waals surface area (Å²) in [6, 6.07) is 0. The fourth-order valence-electron chi connectivity index (χ4n) is 0. The number of rotatable bonds is 0. The first-order valence-electron chi connectivity index (χ1n) is 0.408. The van der Waals surface area contributed by atoms with Crippen LogP contribution in [0.25, 0.3) is 0 Å². The van der Waals surface area contributed by atoms with Crippen LogP contribution < -0.4 is 0 Å². The summed E-state index contributed by atoms with van der Waals surface area (Å²) < 4.78 is 0. The van der Waals surface area contributed by atoms with E-state index in [4.69, 9.17) is 0 Å². The molecule has 0 N–H and O–H groups in total. The van der Waals surface area contributed by atoms with Crippen molar-refractivity contribution >= 4 is 30.9 Å². The van der Waals surface area contributed by atoms with Crippen LogP contribution in [0.3, 0.4) is 0 Å². The summed E-state index contributed by atoms with van der Waals surface area (Å²) in [4.78, 5) is 0. The Morgan fingerprint density at radius 3 is 1.25 bits per heavy atom. The van der Waals surface area contributed by atoms with Crippen molar-refractivity contribution in [2.24, 2.45) is 0 Å². The Balaban J connectivity index is -0.00000000500. The van der Waals surface area contributed by atoms with Gasteiger partial charge >= 0.3 is 23.1 Å². The molecule has 0 aromatic heterocycles. The van der Waals surface area contributed by atoms with Crippen LogP contribution >= 0.6 is 0 Å². The minimum atomic E-state index is 0. The molecule has 0 nitrogen and oxygen atoms in total. The molecule has 2 heteroatoms. The first-order valence-corrected chi connectivity index (χ1v) is 0.408. The molecule has 4 heavy (non-hydrogen) atoms. The average Bonchev–Trinajstić information content (AvgIpc) is 1.00. The summed E-state index contributed by atoms with van der Waals surface area (Å²) >= 11 is 0. The van der Waals surface area contributed by atoms with Gasteiger partial charge in [0.05, 0.1) is 0 Å². The van der Waals surface area contributed by atoms with E-state index < -0.39 is 0 Å². The molecule has 0 aromatic rings. The minimum Gasteiger partial charge on any atom is -0.382 e. The largest absolute Gasteiger partial charge is 2.00 e. The van der Waals surface area contributed by atoms with Gasteiger partial charge in [-0.3, -0.25) is 0 Å².